The molecule has 1 unspecified atom stereocenters. The molecule has 0 radical (unpaired) electrons. The summed E-state index contributed by atoms with van der Waals surface area (Å²) in [5, 5.41) is 6.84. The van der Waals surface area contributed by atoms with Crippen LogP contribution in [-0.4, -0.2) is 23.9 Å². The molecule has 1 aliphatic rings. The summed E-state index contributed by atoms with van der Waals surface area (Å²) in [5.74, 6) is -1.44. The van der Waals surface area contributed by atoms with Crippen LogP contribution >= 0.6 is 0 Å². The maximum Gasteiger partial charge on any atom is 0.322 e. The number of nitrogens with zero attached hydrogens (tertiary/aromatic N) is 3. The molecular formula is C5H5N5O3. The molecule has 0 aliphatic carbocycles. The largest absolute Gasteiger partial charge is 0.327 e. The number of urea groups is 1. The Morgan fingerprint density at radius 1 is 1.62 bits per heavy atom. The molecule has 1 atom stereocenters. The van der Waals surface area contributed by atoms with E-state index in [0.717, 1.165) is 0 Å². The fourth-order valence-corrected chi connectivity index (χ4v) is 0.871. The second-order valence-corrected chi connectivity index (χ2v) is 2.31. The summed E-state index contributed by atoms with van der Waals surface area (Å²) >= 11 is 0. The lowest BCUT2D eigenvalue weighted by Crippen LogP contribution is -2.54. The third-order valence-corrected chi connectivity index (χ3v) is 1.39. The van der Waals surface area contributed by atoms with Crippen molar-refractivity contribution >= 4 is 17.8 Å². The van der Waals surface area contributed by atoms with Crippen molar-refractivity contribution in [1.82, 2.24) is 10.6 Å². The molecule has 0 aromatic rings. The van der Waals surface area contributed by atoms with Crippen LogP contribution in [0.15, 0.2) is 5.11 Å². The van der Waals surface area contributed by atoms with E-state index in [1.807, 2.05) is 5.32 Å². The van der Waals surface area contributed by atoms with Gasteiger partial charge < -0.3 is 5.32 Å². The predicted octanol–water partition coefficient (Wildman–Crippen LogP) is -0.579. The lowest BCUT2D eigenvalue weighted by atomic mass is 10.1. The fourth-order valence-electron chi connectivity index (χ4n) is 0.871. The number of carbonyl (C=O) groups is 3. The molecular weight excluding hydrogens is 178 g/mol. The van der Waals surface area contributed by atoms with E-state index >= 15 is 0 Å². The van der Waals surface area contributed by atoms with E-state index in [0.29, 0.717) is 0 Å². The van der Waals surface area contributed by atoms with Gasteiger partial charge >= 0.3 is 6.03 Å². The van der Waals surface area contributed by atoms with Gasteiger partial charge in [-0.05, 0) is 10.6 Å². The number of imide groups is 1. The van der Waals surface area contributed by atoms with Gasteiger partial charge in [0.05, 0.1) is 6.42 Å². The molecule has 1 heterocycles. The van der Waals surface area contributed by atoms with Crippen molar-refractivity contribution in [3.63, 3.8) is 0 Å². The van der Waals surface area contributed by atoms with E-state index in [1.165, 1.54) is 0 Å². The third kappa shape index (κ3) is 2.17. The fraction of sp³-hybridized carbons (Fsp3) is 0.400. The van der Waals surface area contributed by atoms with Gasteiger partial charge in [0.2, 0.25) is 11.8 Å². The van der Waals surface area contributed by atoms with Crippen LogP contribution in [0, 0.1) is 0 Å². The van der Waals surface area contributed by atoms with Crippen molar-refractivity contribution in [2.75, 3.05) is 0 Å². The molecule has 2 N–H and O–H groups in total. The minimum Gasteiger partial charge on any atom is -0.327 e. The van der Waals surface area contributed by atoms with E-state index in [-0.39, 0.29) is 6.42 Å². The minimum atomic E-state index is -1.04. The van der Waals surface area contributed by atoms with Gasteiger partial charge in [-0.1, -0.05) is 0 Å². The maximum absolute atomic E-state index is 10.9. The van der Waals surface area contributed by atoms with Gasteiger partial charge in [0.25, 0.3) is 0 Å². The third-order valence-electron chi connectivity index (χ3n) is 1.39. The molecule has 0 saturated carbocycles. The highest BCUT2D eigenvalue weighted by atomic mass is 16.2. The van der Waals surface area contributed by atoms with Crippen molar-refractivity contribution < 1.29 is 14.4 Å². The highest BCUT2D eigenvalue weighted by Crippen LogP contribution is 2.00. The maximum atomic E-state index is 10.9. The number of amides is 4. The van der Waals surface area contributed by atoms with Gasteiger partial charge in [0, 0.05) is 4.91 Å². The standard InChI is InChI=1S/C5H5N5O3/c6-10-9-4(12)2-1-3(11)8-5(13)7-2/h2H,1H2,(H2,7,8,11,13). The molecule has 1 fully saturated rings. The average Bonchev–Trinajstić information content (AvgIpc) is 2.03. The Bertz CT molecular complexity index is 302. The Kier molecular flexibility index (Phi) is 2.46. The van der Waals surface area contributed by atoms with Gasteiger partial charge in [-0.25, -0.2) is 4.79 Å². The second kappa shape index (κ2) is 3.55. The van der Waals surface area contributed by atoms with E-state index < -0.39 is 23.9 Å². The topological polar surface area (TPSA) is 124 Å². The lowest BCUT2D eigenvalue weighted by molar-refractivity contribution is -0.127. The average molecular weight is 183 g/mol. The molecule has 0 aromatic heterocycles. The van der Waals surface area contributed by atoms with Crippen molar-refractivity contribution in [3.05, 3.63) is 10.4 Å². The molecule has 8 heteroatoms. The zero-order valence-electron chi connectivity index (χ0n) is 6.35. The first-order valence-electron chi connectivity index (χ1n) is 3.33. The van der Waals surface area contributed by atoms with Crippen LogP contribution in [0.5, 0.6) is 0 Å². The molecule has 0 spiro atoms. The first-order chi connectivity index (χ1) is 6.13. The molecule has 1 saturated heterocycles. The van der Waals surface area contributed by atoms with Crippen molar-refractivity contribution in [2.45, 2.75) is 12.5 Å². The molecule has 1 aliphatic heterocycles. The smallest absolute Gasteiger partial charge is 0.322 e. The van der Waals surface area contributed by atoms with Gasteiger partial charge in [-0.3, -0.25) is 14.9 Å². The summed E-state index contributed by atoms with van der Waals surface area (Å²) in [6, 6.07) is -1.81. The Hall–Kier alpha value is -2.08. The number of rotatable bonds is 1. The zero-order chi connectivity index (χ0) is 9.84. The van der Waals surface area contributed by atoms with Crippen molar-refractivity contribution in [2.24, 2.45) is 5.11 Å². The molecule has 0 aromatic carbocycles. The Balaban J connectivity index is 2.70. The Labute approximate surface area is 71.9 Å². The van der Waals surface area contributed by atoms with Crippen molar-refractivity contribution in [1.29, 1.82) is 0 Å². The van der Waals surface area contributed by atoms with Gasteiger partial charge in [0.1, 0.15) is 6.04 Å². The first kappa shape index (κ1) is 9.01. The lowest BCUT2D eigenvalue weighted by Gasteiger charge is -2.19. The second-order valence-electron chi connectivity index (χ2n) is 2.31. The van der Waals surface area contributed by atoms with Crippen LogP contribution in [0.4, 0.5) is 4.79 Å². The highest BCUT2D eigenvalue weighted by Gasteiger charge is 2.28. The summed E-state index contributed by atoms with van der Waals surface area (Å²) in [6.07, 6.45) is -0.205. The highest BCUT2D eigenvalue weighted by molar-refractivity contribution is 6.02. The van der Waals surface area contributed by atoms with Crippen LogP contribution in [0.3, 0.4) is 0 Å². The van der Waals surface area contributed by atoms with Gasteiger partial charge in [-0.2, -0.15) is 0 Å². The predicted molar refractivity (Wildman–Crippen MR) is 39.2 cm³/mol. The van der Waals surface area contributed by atoms with E-state index in [9.17, 15) is 14.4 Å². The molecule has 8 nitrogen and oxygen atoms in total. The minimum absolute atomic E-state index is 0.205. The summed E-state index contributed by atoms with van der Waals surface area (Å²) in [7, 11) is 0. The van der Waals surface area contributed by atoms with Gasteiger partial charge in [0.15, 0.2) is 0 Å². The number of carbonyl (C=O) groups excluding carboxylic acids is 3. The molecule has 1 rings (SSSR count). The number of hydrogen-bond acceptors (Lipinski definition) is 3. The van der Waals surface area contributed by atoms with Crippen LogP contribution in [0.1, 0.15) is 6.42 Å². The first-order valence-corrected chi connectivity index (χ1v) is 3.33. The van der Waals surface area contributed by atoms with E-state index in [1.54, 1.807) is 0 Å². The SMILES string of the molecule is [N-]=[N+]=NC(=O)C1CC(=O)NC(=O)N1. The Morgan fingerprint density at radius 2 is 2.31 bits per heavy atom. The number of azide groups is 1. The normalized spacial score (nSPS) is 21.1. The molecule has 13 heavy (non-hydrogen) atoms. The van der Waals surface area contributed by atoms with E-state index in [2.05, 4.69) is 15.3 Å². The molecule has 4 amide bonds. The monoisotopic (exact) mass is 183 g/mol. The summed E-state index contributed by atoms with van der Waals surface area (Å²) in [6.45, 7) is 0. The zero-order valence-corrected chi connectivity index (χ0v) is 6.35. The van der Waals surface area contributed by atoms with Crippen molar-refractivity contribution in [3.8, 4) is 0 Å². The number of hydrogen-bond donors (Lipinski definition) is 2. The molecule has 0 bridgehead atoms. The van der Waals surface area contributed by atoms with Gasteiger partial charge in [-0.15, -0.1) is 0 Å². The Morgan fingerprint density at radius 3 is 2.85 bits per heavy atom. The van der Waals surface area contributed by atoms with Crippen LogP contribution in [0.25, 0.3) is 10.4 Å². The van der Waals surface area contributed by atoms with Crippen LogP contribution < -0.4 is 10.6 Å². The molecule has 68 valence electrons. The summed E-state index contributed by atoms with van der Waals surface area (Å²) < 4.78 is 0. The summed E-state index contributed by atoms with van der Waals surface area (Å²) in [4.78, 5) is 34.5. The van der Waals surface area contributed by atoms with E-state index in [4.69, 9.17) is 5.53 Å². The number of nitrogens with one attached hydrogen (secondary N) is 2. The quantitative estimate of drug-likeness (QED) is 0.321. The van der Waals surface area contributed by atoms with Crippen LogP contribution in [0.2, 0.25) is 0 Å². The van der Waals surface area contributed by atoms with Crippen LogP contribution in [-0.2, 0) is 9.59 Å². The summed E-state index contributed by atoms with van der Waals surface area (Å²) in [5.41, 5.74) is 7.92.